The van der Waals surface area contributed by atoms with Crippen LogP contribution in [0.25, 0.3) is 0 Å². The van der Waals surface area contributed by atoms with Crippen LogP contribution in [0.15, 0.2) is 42.5 Å². The van der Waals surface area contributed by atoms with Crippen molar-refractivity contribution in [1.29, 1.82) is 0 Å². The Kier molecular flexibility index (Phi) is 6.11. The predicted molar refractivity (Wildman–Crippen MR) is 104 cm³/mol. The lowest BCUT2D eigenvalue weighted by Gasteiger charge is -2.31. The van der Waals surface area contributed by atoms with E-state index in [4.69, 9.17) is 11.6 Å². The molecule has 0 aromatic heterocycles. The lowest BCUT2D eigenvalue weighted by Crippen LogP contribution is -2.42. The van der Waals surface area contributed by atoms with Gasteiger partial charge in [0, 0.05) is 29.7 Å². The second-order valence-corrected chi connectivity index (χ2v) is 7.27. The molecule has 1 saturated heterocycles. The minimum Gasteiger partial charge on any atom is -0.342 e. The summed E-state index contributed by atoms with van der Waals surface area (Å²) in [6, 6.07) is 11.5. The van der Waals surface area contributed by atoms with Crippen molar-refractivity contribution in [3.05, 3.63) is 64.4 Å². The molecule has 1 N–H and O–H groups in total. The van der Waals surface area contributed by atoms with Crippen molar-refractivity contribution in [3.8, 4) is 0 Å². The van der Waals surface area contributed by atoms with Crippen molar-refractivity contribution >= 4 is 29.1 Å². The van der Waals surface area contributed by atoms with Gasteiger partial charge in [-0.05, 0) is 55.2 Å². The van der Waals surface area contributed by atoms with Gasteiger partial charge in [-0.2, -0.15) is 0 Å². The van der Waals surface area contributed by atoms with E-state index in [2.05, 4.69) is 5.32 Å². The number of piperidine rings is 1. The fourth-order valence-corrected chi connectivity index (χ4v) is 3.48. The molecule has 0 saturated carbocycles. The van der Waals surface area contributed by atoms with Crippen LogP contribution in [0.1, 0.15) is 24.0 Å². The first-order valence-corrected chi connectivity index (χ1v) is 9.40. The summed E-state index contributed by atoms with van der Waals surface area (Å²) in [4.78, 5) is 26.7. The van der Waals surface area contributed by atoms with Gasteiger partial charge < -0.3 is 10.2 Å². The summed E-state index contributed by atoms with van der Waals surface area (Å²) in [7, 11) is 0. The lowest BCUT2D eigenvalue weighted by atomic mass is 9.95. The number of amides is 2. The first-order valence-electron chi connectivity index (χ1n) is 9.02. The van der Waals surface area contributed by atoms with E-state index >= 15 is 0 Å². The number of likely N-dealkylation sites (tertiary alicyclic amines) is 1. The molecule has 3 rings (SSSR count). The maximum Gasteiger partial charge on any atom is 0.227 e. The van der Waals surface area contributed by atoms with Gasteiger partial charge in [0.25, 0.3) is 0 Å². The van der Waals surface area contributed by atoms with E-state index in [9.17, 15) is 14.0 Å². The van der Waals surface area contributed by atoms with E-state index in [1.165, 1.54) is 12.1 Å². The number of halogens is 2. The van der Waals surface area contributed by atoms with Crippen molar-refractivity contribution in [3.63, 3.8) is 0 Å². The molecule has 2 aromatic carbocycles. The van der Waals surface area contributed by atoms with Gasteiger partial charge >= 0.3 is 0 Å². The monoisotopic (exact) mass is 388 g/mol. The summed E-state index contributed by atoms with van der Waals surface area (Å²) in [5.74, 6) is -0.559. The second-order valence-electron chi connectivity index (χ2n) is 6.86. The molecule has 142 valence electrons. The highest BCUT2D eigenvalue weighted by atomic mass is 35.5. The maximum absolute atomic E-state index is 13.3. The molecule has 6 heteroatoms. The number of nitrogens with zero attached hydrogens (tertiary/aromatic N) is 1. The van der Waals surface area contributed by atoms with E-state index < -0.39 is 0 Å². The smallest absolute Gasteiger partial charge is 0.227 e. The number of hydrogen-bond acceptors (Lipinski definition) is 2. The zero-order valence-electron chi connectivity index (χ0n) is 15.2. The molecule has 0 aliphatic carbocycles. The summed E-state index contributed by atoms with van der Waals surface area (Å²) in [5, 5.41) is 3.56. The molecule has 0 unspecified atom stereocenters. The zero-order chi connectivity index (χ0) is 19.4. The largest absolute Gasteiger partial charge is 0.342 e. The van der Waals surface area contributed by atoms with Crippen molar-refractivity contribution in [2.24, 2.45) is 5.92 Å². The molecule has 0 spiro atoms. The van der Waals surface area contributed by atoms with Gasteiger partial charge in [0.15, 0.2) is 0 Å². The first kappa shape index (κ1) is 19.4. The first-order chi connectivity index (χ1) is 12.9. The number of carbonyl (C=O) groups excluding carboxylic acids is 2. The van der Waals surface area contributed by atoms with E-state index in [0.29, 0.717) is 36.5 Å². The van der Waals surface area contributed by atoms with Gasteiger partial charge in [-0.25, -0.2) is 4.39 Å². The Hall–Kier alpha value is -2.40. The van der Waals surface area contributed by atoms with Crippen LogP contribution in [0.4, 0.5) is 10.1 Å². The fourth-order valence-electron chi connectivity index (χ4n) is 3.30. The SMILES string of the molecule is Cc1c(Cl)cccc1NC(=O)C1CCN(C(=O)Cc2cccc(F)c2)CC1. The van der Waals surface area contributed by atoms with Crippen LogP contribution in [0.5, 0.6) is 0 Å². The van der Waals surface area contributed by atoms with Gasteiger partial charge in [-0.3, -0.25) is 9.59 Å². The third kappa shape index (κ3) is 4.86. The second kappa shape index (κ2) is 8.53. The molecule has 1 heterocycles. The van der Waals surface area contributed by atoms with Gasteiger partial charge in [0.05, 0.1) is 6.42 Å². The van der Waals surface area contributed by atoms with Crippen LogP contribution >= 0.6 is 11.6 Å². The molecular formula is C21H22ClFN2O2. The van der Waals surface area contributed by atoms with Gasteiger partial charge in [0.2, 0.25) is 11.8 Å². The Balaban J connectivity index is 1.53. The molecule has 0 radical (unpaired) electrons. The summed E-state index contributed by atoms with van der Waals surface area (Å²) < 4.78 is 13.3. The molecule has 0 bridgehead atoms. The Morgan fingerprint density at radius 3 is 2.59 bits per heavy atom. The van der Waals surface area contributed by atoms with E-state index in [-0.39, 0.29) is 30.0 Å². The molecule has 2 amide bonds. The summed E-state index contributed by atoms with van der Waals surface area (Å²) in [6.45, 7) is 2.92. The van der Waals surface area contributed by atoms with Crippen LogP contribution in [0.2, 0.25) is 5.02 Å². The number of nitrogens with one attached hydrogen (secondary N) is 1. The Bertz CT molecular complexity index is 848. The molecule has 1 fully saturated rings. The topological polar surface area (TPSA) is 49.4 Å². The van der Waals surface area contributed by atoms with Gasteiger partial charge in [0.1, 0.15) is 5.82 Å². The Morgan fingerprint density at radius 2 is 1.89 bits per heavy atom. The molecule has 0 atom stereocenters. The molecule has 1 aliphatic rings. The van der Waals surface area contributed by atoms with Gasteiger partial charge in [-0.15, -0.1) is 0 Å². The quantitative estimate of drug-likeness (QED) is 0.853. The summed E-state index contributed by atoms with van der Waals surface area (Å²) >= 11 is 6.09. The average molecular weight is 389 g/mol. The number of hydrogen-bond donors (Lipinski definition) is 1. The van der Waals surface area contributed by atoms with Crippen molar-refractivity contribution in [2.45, 2.75) is 26.2 Å². The number of benzene rings is 2. The number of anilines is 1. The minimum atomic E-state index is -0.341. The van der Waals surface area contributed by atoms with Crippen molar-refractivity contribution < 1.29 is 14.0 Å². The number of carbonyl (C=O) groups is 2. The molecule has 1 aliphatic heterocycles. The van der Waals surface area contributed by atoms with E-state index in [1.807, 2.05) is 13.0 Å². The van der Waals surface area contributed by atoms with Crippen LogP contribution in [0, 0.1) is 18.7 Å². The van der Waals surface area contributed by atoms with Crippen molar-refractivity contribution in [1.82, 2.24) is 4.90 Å². The average Bonchev–Trinajstić information content (AvgIpc) is 2.65. The highest BCUT2D eigenvalue weighted by Gasteiger charge is 2.27. The maximum atomic E-state index is 13.3. The normalized spacial score (nSPS) is 14.9. The third-order valence-corrected chi connectivity index (χ3v) is 5.40. The van der Waals surface area contributed by atoms with Crippen LogP contribution < -0.4 is 5.32 Å². The lowest BCUT2D eigenvalue weighted by molar-refractivity contribution is -0.133. The van der Waals surface area contributed by atoms with Crippen molar-refractivity contribution in [2.75, 3.05) is 18.4 Å². The minimum absolute atomic E-state index is 0.0369. The predicted octanol–water partition coefficient (Wildman–Crippen LogP) is 4.21. The standard InChI is InChI=1S/C21H22ClFN2O2/c1-14-18(22)6-3-7-19(14)24-21(27)16-8-10-25(11-9-16)20(26)13-15-4-2-5-17(23)12-15/h2-7,12,16H,8-11,13H2,1H3,(H,24,27). The Labute approximate surface area is 163 Å². The van der Waals surface area contributed by atoms with E-state index in [0.717, 1.165) is 11.3 Å². The molecular weight excluding hydrogens is 367 g/mol. The summed E-state index contributed by atoms with van der Waals surface area (Å²) in [6.07, 6.45) is 1.40. The van der Waals surface area contributed by atoms with Crippen LogP contribution in [-0.4, -0.2) is 29.8 Å². The van der Waals surface area contributed by atoms with E-state index in [1.54, 1.807) is 29.2 Å². The molecule has 4 nitrogen and oxygen atoms in total. The third-order valence-electron chi connectivity index (χ3n) is 4.99. The summed E-state index contributed by atoms with van der Waals surface area (Å²) in [5.41, 5.74) is 2.23. The molecule has 2 aromatic rings. The highest BCUT2D eigenvalue weighted by molar-refractivity contribution is 6.31. The van der Waals surface area contributed by atoms with Crippen LogP contribution in [0.3, 0.4) is 0 Å². The zero-order valence-corrected chi connectivity index (χ0v) is 15.9. The fraction of sp³-hybridized carbons (Fsp3) is 0.333. The molecule has 27 heavy (non-hydrogen) atoms. The highest BCUT2D eigenvalue weighted by Crippen LogP contribution is 2.25. The van der Waals surface area contributed by atoms with Gasteiger partial charge in [-0.1, -0.05) is 29.8 Å². The number of rotatable bonds is 4. The Morgan fingerprint density at radius 1 is 1.19 bits per heavy atom. The van der Waals surface area contributed by atoms with Crippen LogP contribution in [-0.2, 0) is 16.0 Å².